The Morgan fingerprint density at radius 3 is 1.90 bits per heavy atom. The van der Waals surface area contributed by atoms with Crippen molar-refractivity contribution in [1.29, 1.82) is 0 Å². The van der Waals surface area contributed by atoms with Gasteiger partial charge in [0.15, 0.2) is 11.5 Å². The van der Waals surface area contributed by atoms with Crippen molar-refractivity contribution >= 4 is 11.9 Å². The van der Waals surface area contributed by atoms with Gasteiger partial charge in [-0.25, -0.2) is 0 Å². The molecule has 1 aromatic rings. The number of nitrogens with one attached hydrogen (secondary N) is 1. The monoisotopic (exact) mass is 407 g/mol. The summed E-state index contributed by atoms with van der Waals surface area (Å²) in [6.07, 6.45) is 0.454. The molecule has 6 heteroatoms. The molecule has 0 fully saturated rings. The average Bonchev–Trinajstić information content (AvgIpc) is 2.52. The zero-order valence-corrected chi connectivity index (χ0v) is 19.0. The number of carbonyl (C=O) groups is 2. The number of phenols is 2. The lowest BCUT2D eigenvalue weighted by Gasteiger charge is -2.48. The summed E-state index contributed by atoms with van der Waals surface area (Å²) in [5.74, 6) is -3.24. The van der Waals surface area contributed by atoms with Crippen LogP contribution in [0, 0.1) is 28.1 Å². The summed E-state index contributed by atoms with van der Waals surface area (Å²) in [6.45, 7) is 15.8. The molecule has 1 rings (SSSR count). The molecule has 0 spiro atoms. The molecule has 2 atom stereocenters. The largest absolute Gasteiger partial charge is 0.504 e. The maximum Gasteiger partial charge on any atom is 0.307 e. The Balaban J connectivity index is 3.13. The third-order valence-corrected chi connectivity index (χ3v) is 6.28. The topological polar surface area (TPSA) is 107 Å². The van der Waals surface area contributed by atoms with Crippen molar-refractivity contribution in [3.63, 3.8) is 0 Å². The van der Waals surface area contributed by atoms with Gasteiger partial charge >= 0.3 is 5.97 Å². The summed E-state index contributed by atoms with van der Waals surface area (Å²) in [5, 5.41) is 31.9. The number of carboxylic acids is 1. The first kappa shape index (κ1) is 24.8. The van der Waals surface area contributed by atoms with E-state index in [9.17, 15) is 24.9 Å². The van der Waals surface area contributed by atoms with Gasteiger partial charge in [-0.2, -0.15) is 0 Å². The molecule has 29 heavy (non-hydrogen) atoms. The number of benzene rings is 1. The van der Waals surface area contributed by atoms with E-state index < -0.39 is 28.6 Å². The summed E-state index contributed by atoms with van der Waals surface area (Å²) in [6, 6.07) is 4.53. The standard InChI is InChI=1S/C23H37NO5/c1-21(2,3)18(20(28)29)17(23(7,8)22(4,5)6)19(27)24-12-11-14-9-10-15(25)16(26)13-14/h9-10,13,17-18,25-26H,11-12H2,1-8H3,(H,24,27)(H,28,29). The minimum absolute atomic E-state index is 0.195. The van der Waals surface area contributed by atoms with Crippen LogP contribution in [0.25, 0.3) is 0 Å². The Bertz CT molecular complexity index is 741. The van der Waals surface area contributed by atoms with Crippen LogP contribution in [0.3, 0.4) is 0 Å². The van der Waals surface area contributed by atoms with Crippen LogP contribution in [0.4, 0.5) is 0 Å². The van der Waals surface area contributed by atoms with Gasteiger partial charge in [-0.1, -0.05) is 61.5 Å². The zero-order valence-electron chi connectivity index (χ0n) is 19.0. The molecule has 6 nitrogen and oxygen atoms in total. The first-order valence-electron chi connectivity index (χ1n) is 10.0. The Hall–Kier alpha value is -2.24. The van der Waals surface area contributed by atoms with Crippen LogP contribution in [0.1, 0.15) is 61.0 Å². The van der Waals surface area contributed by atoms with Crippen LogP contribution >= 0.6 is 0 Å². The highest BCUT2D eigenvalue weighted by molar-refractivity contribution is 5.86. The van der Waals surface area contributed by atoms with E-state index in [1.165, 1.54) is 12.1 Å². The number of hydrogen-bond donors (Lipinski definition) is 4. The van der Waals surface area contributed by atoms with Gasteiger partial charge in [0.05, 0.1) is 11.8 Å². The minimum Gasteiger partial charge on any atom is -0.504 e. The normalized spacial score (nSPS) is 14.9. The molecule has 164 valence electrons. The van der Waals surface area contributed by atoms with Gasteiger partial charge in [-0.05, 0) is 40.4 Å². The van der Waals surface area contributed by atoms with E-state index in [-0.39, 0.29) is 22.8 Å². The highest BCUT2D eigenvalue weighted by Gasteiger charge is 2.53. The van der Waals surface area contributed by atoms with E-state index in [2.05, 4.69) is 5.32 Å². The third-order valence-electron chi connectivity index (χ3n) is 6.28. The predicted octanol–water partition coefficient (Wildman–Crippen LogP) is 4.19. The van der Waals surface area contributed by atoms with E-state index in [1.807, 2.05) is 55.4 Å². The maximum absolute atomic E-state index is 13.3. The molecule has 0 aliphatic rings. The summed E-state index contributed by atoms with van der Waals surface area (Å²) in [4.78, 5) is 25.5. The number of hydrogen-bond acceptors (Lipinski definition) is 4. The maximum atomic E-state index is 13.3. The van der Waals surface area contributed by atoms with E-state index in [0.717, 1.165) is 5.56 Å². The lowest BCUT2D eigenvalue weighted by atomic mass is 9.55. The summed E-state index contributed by atoms with van der Waals surface area (Å²) in [7, 11) is 0. The molecule has 0 aliphatic carbocycles. The molecule has 4 N–H and O–H groups in total. The van der Waals surface area contributed by atoms with Crippen molar-refractivity contribution < 1.29 is 24.9 Å². The molecule has 0 saturated carbocycles. The first-order valence-corrected chi connectivity index (χ1v) is 10.0. The van der Waals surface area contributed by atoms with Crippen molar-refractivity contribution in [2.75, 3.05) is 6.54 Å². The van der Waals surface area contributed by atoms with Gasteiger partial charge in [0.2, 0.25) is 5.91 Å². The van der Waals surface area contributed by atoms with Crippen molar-refractivity contribution in [2.45, 2.75) is 61.8 Å². The minimum atomic E-state index is -0.974. The first-order chi connectivity index (χ1) is 13.0. The SMILES string of the molecule is CC(C)(C)C(C(=O)O)C(C(=O)NCCc1ccc(O)c(O)c1)C(C)(C)C(C)(C)C. The fraction of sp³-hybridized carbons (Fsp3) is 0.652. The average molecular weight is 408 g/mol. The molecule has 2 unspecified atom stereocenters. The highest BCUT2D eigenvalue weighted by Crippen LogP contribution is 2.50. The quantitative estimate of drug-likeness (QED) is 0.507. The zero-order chi connectivity index (χ0) is 22.8. The summed E-state index contributed by atoms with van der Waals surface area (Å²) in [5.41, 5.74) is -0.710. The Labute approximate surface area is 174 Å². The van der Waals surface area contributed by atoms with Crippen LogP contribution in [0.15, 0.2) is 18.2 Å². The molecule has 0 bridgehead atoms. The second kappa shape index (κ2) is 8.64. The number of amides is 1. The van der Waals surface area contributed by atoms with Crippen LogP contribution in [0.5, 0.6) is 11.5 Å². The summed E-state index contributed by atoms with van der Waals surface area (Å²) < 4.78 is 0. The third kappa shape index (κ3) is 5.87. The number of carbonyl (C=O) groups excluding carboxylic acids is 1. The van der Waals surface area contributed by atoms with Gasteiger partial charge in [0.25, 0.3) is 0 Å². The Kier molecular flexibility index (Phi) is 7.39. The second-order valence-corrected chi connectivity index (χ2v) is 10.5. The summed E-state index contributed by atoms with van der Waals surface area (Å²) >= 11 is 0. The van der Waals surface area contributed by atoms with Gasteiger partial charge in [-0.15, -0.1) is 0 Å². The molecular formula is C23H37NO5. The molecule has 0 aliphatic heterocycles. The van der Waals surface area contributed by atoms with Gasteiger partial charge in [0, 0.05) is 6.54 Å². The Morgan fingerprint density at radius 1 is 0.931 bits per heavy atom. The number of rotatable bonds is 7. The smallest absolute Gasteiger partial charge is 0.307 e. The molecular weight excluding hydrogens is 370 g/mol. The molecule has 0 radical (unpaired) electrons. The number of carboxylic acid groups (broad SMARTS) is 1. The van der Waals surface area contributed by atoms with Gasteiger partial charge < -0.3 is 20.6 Å². The fourth-order valence-electron chi connectivity index (χ4n) is 3.54. The molecule has 0 aromatic heterocycles. The molecule has 1 amide bonds. The van der Waals surface area contributed by atoms with E-state index >= 15 is 0 Å². The van der Waals surface area contributed by atoms with Crippen LogP contribution in [0.2, 0.25) is 0 Å². The second-order valence-electron chi connectivity index (χ2n) is 10.5. The lowest BCUT2D eigenvalue weighted by molar-refractivity contribution is -0.160. The van der Waals surface area contributed by atoms with E-state index in [1.54, 1.807) is 6.07 Å². The van der Waals surface area contributed by atoms with Crippen LogP contribution in [-0.2, 0) is 16.0 Å². The van der Waals surface area contributed by atoms with Gasteiger partial charge in [0.1, 0.15) is 0 Å². The van der Waals surface area contributed by atoms with Crippen molar-refractivity contribution in [3.8, 4) is 11.5 Å². The van der Waals surface area contributed by atoms with E-state index in [0.29, 0.717) is 13.0 Å². The molecule has 1 aromatic carbocycles. The van der Waals surface area contributed by atoms with Crippen molar-refractivity contribution in [3.05, 3.63) is 23.8 Å². The van der Waals surface area contributed by atoms with Crippen LogP contribution < -0.4 is 5.32 Å². The molecule has 0 saturated heterocycles. The number of phenolic OH excluding ortho intramolecular Hbond substituents is 2. The molecule has 0 heterocycles. The fourth-order valence-corrected chi connectivity index (χ4v) is 3.54. The van der Waals surface area contributed by atoms with Crippen molar-refractivity contribution in [2.24, 2.45) is 28.1 Å². The lowest BCUT2D eigenvalue weighted by Crippen LogP contribution is -2.54. The predicted molar refractivity (Wildman–Crippen MR) is 114 cm³/mol. The Morgan fingerprint density at radius 2 is 1.48 bits per heavy atom. The van der Waals surface area contributed by atoms with Crippen molar-refractivity contribution in [1.82, 2.24) is 5.32 Å². The number of aromatic hydroxyl groups is 2. The van der Waals surface area contributed by atoms with E-state index in [4.69, 9.17) is 0 Å². The number of aliphatic carboxylic acids is 1. The highest BCUT2D eigenvalue weighted by atomic mass is 16.4. The van der Waals surface area contributed by atoms with Crippen LogP contribution in [-0.4, -0.2) is 33.7 Å². The van der Waals surface area contributed by atoms with Gasteiger partial charge in [-0.3, -0.25) is 9.59 Å².